The number of halogens is 2. The molecule has 0 radical (unpaired) electrons. The number of Topliss-reactive ketones (excluding diaryl/α,β-unsaturated/α-hetero) is 1. The van der Waals surface area contributed by atoms with Crippen LogP contribution in [0.25, 0.3) is 0 Å². The smallest absolute Gasteiger partial charge is 0.292 e. The van der Waals surface area contributed by atoms with Crippen molar-refractivity contribution in [2.45, 2.75) is 38.8 Å². The fourth-order valence-corrected chi connectivity index (χ4v) is 8.07. The van der Waals surface area contributed by atoms with Gasteiger partial charge in [-0.2, -0.15) is 0 Å². The molecule has 0 spiro atoms. The lowest BCUT2D eigenvalue weighted by molar-refractivity contribution is -0.118. The molecule has 1 aromatic heterocycles. The van der Waals surface area contributed by atoms with E-state index in [0.717, 1.165) is 12.5 Å². The zero-order chi connectivity index (χ0) is 24.1. The maximum absolute atomic E-state index is 13.4. The molecule has 4 rings (SSSR count). The van der Waals surface area contributed by atoms with Crippen LogP contribution in [0.2, 0.25) is 5.02 Å². The molecule has 2 aromatic rings. The zero-order valence-corrected chi connectivity index (χ0v) is 20.0. The van der Waals surface area contributed by atoms with Gasteiger partial charge in [-0.3, -0.25) is 14.4 Å². The van der Waals surface area contributed by atoms with Crippen LogP contribution < -0.4 is 10.6 Å². The van der Waals surface area contributed by atoms with Crippen LogP contribution in [0.1, 0.15) is 45.4 Å². The number of fused-ring (bicyclic) bond motifs is 1. The van der Waals surface area contributed by atoms with Gasteiger partial charge < -0.3 is 15.2 Å². The Hall–Kier alpha value is -2.72. The number of anilines is 1. The van der Waals surface area contributed by atoms with Gasteiger partial charge in [0.15, 0.2) is 0 Å². The summed E-state index contributed by atoms with van der Waals surface area (Å²) in [5.74, 6) is -1.66. The molecule has 3 heterocycles. The number of nitrogens with zero attached hydrogens (tertiary/aromatic N) is 2. The van der Waals surface area contributed by atoms with E-state index >= 15 is 0 Å². The number of rotatable bonds is 6. The number of benzene rings is 1. The number of aromatic nitrogens is 1. The summed E-state index contributed by atoms with van der Waals surface area (Å²) in [4.78, 5) is 50.0. The Morgan fingerprint density at radius 2 is 1.97 bits per heavy atom. The maximum atomic E-state index is 13.4. The molecular formula is C22H24ClFN4O4S. The maximum Gasteiger partial charge on any atom is 0.292 e. The molecule has 0 bridgehead atoms. The Labute approximate surface area is 196 Å². The molecule has 8 nitrogen and oxygen atoms in total. The van der Waals surface area contributed by atoms with Crippen LogP contribution >= 0.6 is 21.8 Å². The number of nitrogens with one attached hydrogen (secondary N) is 2. The van der Waals surface area contributed by atoms with Gasteiger partial charge in [0.2, 0.25) is 0 Å². The first-order valence-corrected chi connectivity index (χ1v) is 13.1. The molecule has 0 aliphatic carbocycles. The predicted octanol–water partition coefficient (Wildman–Crippen LogP) is 3.97. The van der Waals surface area contributed by atoms with Gasteiger partial charge in [0.05, 0.1) is 16.1 Å². The fourth-order valence-electron chi connectivity index (χ4n) is 4.98. The summed E-state index contributed by atoms with van der Waals surface area (Å²) in [6, 6.07) is 3.85. The number of hydrogen-bond donors (Lipinski definition) is 2. The van der Waals surface area contributed by atoms with E-state index in [0.29, 0.717) is 41.4 Å². The van der Waals surface area contributed by atoms with Crippen LogP contribution in [-0.4, -0.2) is 45.5 Å². The van der Waals surface area contributed by atoms with Crippen molar-refractivity contribution in [3.05, 3.63) is 56.5 Å². The van der Waals surface area contributed by atoms with Gasteiger partial charge in [0.1, 0.15) is 11.5 Å². The molecular weight excluding hydrogens is 471 g/mol. The Kier molecular flexibility index (Phi) is 5.86. The van der Waals surface area contributed by atoms with Crippen LogP contribution in [-0.2, 0) is 17.8 Å². The molecule has 176 valence electrons. The molecule has 1 aromatic carbocycles. The van der Waals surface area contributed by atoms with Crippen molar-refractivity contribution in [2.24, 2.45) is 4.58 Å². The van der Waals surface area contributed by atoms with Crippen LogP contribution in [0.4, 0.5) is 10.1 Å². The standard InChI is InChI=1S/C22H24ClFN4O4S/c1-12-17(19(29)21(31)26-22(2)10-33(3,11-22)27-32)16-5-4-8-28(16)18(12)20(30)25-13-6-7-15(24)14(23)9-13/h6-7,9H,4-5,8,10-11H2,1-3H3,(H,25,30)(H,26,31). The zero-order valence-electron chi connectivity index (χ0n) is 18.5. The first-order valence-electron chi connectivity index (χ1n) is 10.4. The summed E-state index contributed by atoms with van der Waals surface area (Å²) in [5.41, 5.74) is 1.26. The second-order valence-electron chi connectivity index (χ2n) is 9.06. The van der Waals surface area contributed by atoms with Gasteiger partial charge in [-0.25, -0.2) is 4.39 Å². The van der Waals surface area contributed by atoms with Crippen molar-refractivity contribution in [3.8, 4) is 0 Å². The van der Waals surface area contributed by atoms with Gasteiger partial charge in [0.25, 0.3) is 17.6 Å². The lowest BCUT2D eigenvalue weighted by Crippen LogP contribution is -2.61. The number of carbonyl (C=O) groups excluding carboxylic acids is 3. The van der Waals surface area contributed by atoms with Gasteiger partial charge in [0, 0.05) is 29.4 Å². The monoisotopic (exact) mass is 494 g/mol. The highest BCUT2D eigenvalue weighted by Crippen LogP contribution is 2.58. The Bertz CT molecular complexity index is 1210. The molecule has 1 saturated heterocycles. The van der Waals surface area contributed by atoms with Crippen LogP contribution in [0.5, 0.6) is 0 Å². The van der Waals surface area contributed by atoms with E-state index in [1.807, 2.05) is 0 Å². The molecule has 2 N–H and O–H groups in total. The highest BCUT2D eigenvalue weighted by Gasteiger charge is 2.49. The van der Waals surface area contributed by atoms with Crippen molar-refractivity contribution < 1.29 is 18.8 Å². The Morgan fingerprint density at radius 3 is 2.61 bits per heavy atom. The quantitative estimate of drug-likeness (QED) is 0.359. The predicted molar refractivity (Wildman–Crippen MR) is 127 cm³/mol. The van der Waals surface area contributed by atoms with Crippen LogP contribution in [0.3, 0.4) is 0 Å². The minimum atomic E-state index is -1.63. The van der Waals surface area contributed by atoms with Gasteiger partial charge in [-0.1, -0.05) is 11.6 Å². The molecule has 2 amide bonds. The number of carbonyl (C=O) groups is 3. The summed E-state index contributed by atoms with van der Waals surface area (Å²) < 4.78 is 18.4. The van der Waals surface area contributed by atoms with E-state index in [4.69, 9.17) is 11.6 Å². The van der Waals surface area contributed by atoms with Crippen molar-refractivity contribution >= 4 is 45.1 Å². The topological polar surface area (TPSA) is 110 Å². The van der Waals surface area contributed by atoms with E-state index in [1.165, 1.54) is 12.1 Å². The summed E-state index contributed by atoms with van der Waals surface area (Å²) in [6.07, 6.45) is 3.10. The molecule has 0 atom stereocenters. The average Bonchev–Trinajstić information content (AvgIpc) is 3.28. The third-order valence-electron chi connectivity index (χ3n) is 6.09. The first kappa shape index (κ1) is 23.4. The normalized spacial score (nSPS) is 25.4. The molecule has 2 aliphatic heterocycles. The third kappa shape index (κ3) is 4.17. The molecule has 0 unspecified atom stereocenters. The second kappa shape index (κ2) is 8.25. The number of nitroso groups, excluding NO2 is 1. The summed E-state index contributed by atoms with van der Waals surface area (Å²) in [6.45, 7) is 3.98. The highest BCUT2D eigenvalue weighted by atomic mass is 35.5. The van der Waals surface area contributed by atoms with Gasteiger partial charge >= 0.3 is 0 Å². The van der Waals surface area contributed by atoms with E-state index in [-0.39, 0.29) is 16.3 Å². The highest BCUT2D eigenvalue weighted by molar-refractivity contribution is 8.33. The molecule has 1 fully saturated rings. The van der Waals surface area contributed by atoms with E-state index in [9.17, 15) is 23.7 Å². The number of amides is 2. The number of hydrogen-bond acceptors (Lipinski definition) is 5. The van der Waals surface area contributed by atoms with E-state index < -0.39 is 39.2 Å². The molecule has 0 saturated carbocycles. The Morgan fingerprint density at radius 1 is 1.27 bits per heavy atom. The summed E-state index contributed by atoms with van der Waals surface area (Å²) >= 11 is 5.80. The lowest BCUT2D eigenvalue weighted by Gasteiger charge is -2.51. The van der Waals surface area contributed by atoms with Gasteiger partial charge in [-0.15, -0.1) is 15.1 Å². The molecule has 11 heteroatoms. The van der Waals surface area contributed by atoms with Crippen molar-refractivity contribution in [3.63, 3.8) is 0 Å². The van der Waals surface area contributed by atoms with E-state index in [1.54, 1.807) is 24.7 Å². The van der Waals surface area contributed by atoms with Crippen LogP contribution in [0.15, 0.2) is 22.8 Å². The molecule has 2 aliphatic rings. The minimum Gasteiger partial charge on any atom is -0.342 e. The Balaban J connectivity index is 1.59. The van der Waals surface area contributed by atoms with E-state index in [2.05, 4.69) is 15.2 Å². The fraction of sp³-hybridized carbons (Fsp3) is 0.409. The van der Waals surface area contributed by atoms with Crippen molar-refractivity contribution in [2.75, 3.05) is 23.1 Å². The summed E-state index contributed by atoms with van der Waals surface area (Å²) in [7, 11) is -1.63. The first-order chi connectivity index (χ1) is 15.5. The molecule has 33 heavy (non-hydrogen) atoms. The average molecular weight is 495 g/mol. The largest absolute Gasteiger partial charge is 0.342 e. The SMILES string of the molecule is Cc1c(C(=O)C(=O)NC2(C)CS(C)(N=O)C2)c2n(c1C(=O)Nc1ccc(F)c(Cl)c1)CCC2. The summed E-state index contributed by atoms with van der Waals surface area (Å²) in [5, 5.41) is 5.33. The van der Waals surface area contributed by atoms with Crippen molar-refractivity contribution in [1.82, 2.24) is 9.88 Å². The van der Waals surface area contributed by atoms with Crippen molar-refractivity contribution in [1.29, 1.82) is 0 Å². The lowest BCUT2D eigenvalue weighted by atomic mass is 10.0. The third-order valence-corrected chi connectivity index (χ3v) is 9.26. The van der Waals surface area contributed by atoms with Gasteiger partial charge in [-0.05, 0) is 61.3 Å². The van der Waals surface area contributed by atoms with Crippen LogP contribution in [0, 0.1) is 17.6 Å². The minimum absolute atomic E-state index is 0.121. The second-order valence-corrected chi connectivity index (χ2v) is 12.6. The number of ketones is 1.